The van der Waals surface area contributed by atoms with Crippen molar-refractivity contribution in [3.05, 3.63) is 51.1 Å². The lowest BCUT2D eigenvalue weighted by molar-refractivity contribution is 0.0995. The van der Waals surface area contributed by atoms with E-state index in [2.05, 4.69) is 21.2 Å². The lowest BCUT2D eigenvalue weighted by atomic mass is 10.3. The molecule has 1 heterocycles. The zero-order chi connectivity index (χ0) is 14.0. The van der Waals surface area contributed by atoms with Crippen LogP contribution in [-0.2, 0) is 6.42 Å². The molecule has 100 valence electrons. The van der Waals surface area contributed by atoms with Crippen molar-refractivity contribution in [1.82, 2.24) is 0 Å². The van der Waals surface area contributed by atoms with Crippen molar-refractivity contribution in [2.45, 2.75) is 13.3 Å². The second kappa shape index (κ2) is 5.75. The van der Waals surface area contributed by atoms with Crippen molar-refractivity contribution in [3.8, 4) is 0 Å². The van der Waals surface area contributed by atoms with Crippen molar-refractivity contribution in [1.29, 1.82) is 0 Å². The lowest BCUT2D eigenvalue weighted by Crippen LogP contribution is -2.12. The van der Waals surface area contributed by atoms with Crippen LogP contribution in [0.3, 0.4) is 0 Å². The highest BCUT2D eigenvalue weighted by Crippen LogP contribution is 2.32. The smallest absolute Gasteiger partial charge is 0.291 e. The molecule has 6 heteroatoms. The van der Waals surface area contributed by atoms with Crippen molar-refractivity contribution in [2.24, 2.45) is 0 Å². The number of hydrogen-bond acceptors (Lipinski definition) is 2. The minimum Gasteiger partial charge on any atom is -0.456 e. The number of amides is 1. The summed E-state index contributed by atoms with van der Waals surface area (Å²) in [5.41, 5.74) is 0.308. The molecular formula is C13H10BrClFNO2. The number of furan rings is 1. The van der Waals surface area contributed by atoms with Gasteiger partial charge in [-0.2, -0.15) is 0 Å². The van der Waals surface area contributed by atoms with Crippen LogP contribution < -0.4 is 5.32 Å². The largest absolute Gasteiger partial charge is 0.456 e. The maximum absolute atomic E-state index is 13.1. The number of anilines is 1. The Hall–Kier alpha value is -1.33. The van der Waals surface area contributed by atoms with E-state index in [0.717, 1.165) is 11.8 Å². The lowest BCUT2D eigenvalue weighted by Gasteiger charge is -2.08. The van der Waals surface area contributed by atoms with E-state index in [9.17, 15) is 9.18 Å². The monoisotopic (exact) mass is 345 g/mol. The third-order valence-corrected chi connectivity index (χ3v) is 3.40. The van der Waals surface area contributed by atoms with Crippen LogP contribution in [-0.4, -0.2) is 5.91 Å². The van der Waals surface area contributed by atoms with Gasteiger partial charge in [-0.05, 0) is 40.2 Å². The van der Waals surface area contributed by atoms with E-state index >= 15 is 0 Å². The topological polar surface area (TPSA) is 42.2 Å². The molecule has 1 N–H and O–H groups in total. The first-order chi connectivity index (χ1) is 9.01. The van der Waals surface area contributed by atoms with E-state index in [1.807, 2.05) is 6.92 Å². The van der Waals surface area contributed by atoms with E-state index < -0.39 is 11.7 Å². The number of benzene rings is 1. The van der Waals surface area contributed by atoms with Crippen LogP contribution in [0.4, 0.5) is 10.1 Å². The van der Waals surface area contributed by atoms with Crippen LogP contribution in [0.25, 0.3) is 0 Å². The van der Waals surface area contributed by atoms with Crippen LogP contribution in [0.2, 0.25) is 5.02 Å². The molecule has 1 amide bonds. The van der Waals surface area contributed by atoms with Gasteiger partial charge < -0.3 is 9.73 Å². The van der Waals surface area contributed by atoms with Gasteiger partial charge in [0.1, 0.15) is 11.6 Å². The molecule has 2 rings (SSSR count). The van der Waals surface area contributed by atoms with Crippen molar-refractivity contribution in [2.75, 3.05) is 5.32 Å². The molecule has 3 nitrogen and oxygen atoms in total. The summed E-state index contributed by atoms with van der Waals surface area (Å²) in [5, 5.41) is 2.69. The molecule has 1 aromatic heterocycles. The first kappa shape index (κ1) is 14.1. The van der Waals surface area contributed by atoms with Gasteiger partial charge in [-0.1, -0.05) is 18.5 Å². The van der Waals surface area contributed by atoms with E-state index in [0.29, 0.717) is 16.6 Å². The summed E-state index contributed by atoms with van der Waals surface area (Å²) in [7, 11) is 0. The summed E-state index contributed by atoms with van der Waals surface area (Å²) in [4.78, 5) is 12.0. The Labute approximate surface area is 122 Å². The number of hydrogen-bond donors (Lipinski definition) is 1. The minimum absolute atomic E-state index is 0.113. The molecule has 0 unspecified atom stereocenters. The predicted octanol–water partition coefficient (Wildman–Crippen LogP) is 4.65. The van der Waals surface area contributed by atoms with Crippen LogP contribution in [0.1, 0.15) is 23.2 Å². The van der Waals surface area contributed by atoms with Gasteiger partial charge >= 0.3 is 0 Å². The highest BCUT2D eigenvalue weighted by atomic mass is 79.9. The Balaban J connectivity index is 2.24. The molecule has 0 spiro atoms. The molecule has 0 aliphatic carbocycles. The predicted molar refractivity (Wildman–Crippen MR) is 75.1 cm³/mol. The first-order valence-corrected chi connectivity index (χ1v) is 6.73. The first-order valence-electron chi connectivity index (χ1n) is 5.56. The highest BCUT2D eigenvalue weighted by Gasteiger charge is 2.15. The van der Waals surface area contributed by atoms with E-state index in [1.165, 1.54) is 6.07 Å². The average Bonchev–Trinajstić information content (AvgIpc) is 2.82. The molecule has 0 saturated heterocycles. The summed E-state index contributed by atoms with van der Waals surface area (Å²) < 4.78 is 18.8. The molecule has 0 aliphatic heterocycles. The Bertz CT molecular complexity index is 604. The Morgan fingerprint density at radius 2 is 2.21 bits per heavy atom. The van der Waals surface area contributed by atoms with Crippen LogP contribution in [0, 0.1) is 5.82 Å². The SMILES string of the molecule is CCc1ccc(C(=O)Nc2c(Cl)cc(F)cc2Br)o1. The molecule has 0 fully saturated rings. The summed E-state index contributed by atoms with van der Waals surface area (Å²) in [5.74, 6) is -0.0198. The van der Waals surface area contributed by atoms with Gasteiger partial charge in [0.25, 0.3) is 5.91 Å². The second-order valence-electron chi connectivity index (χ2n) is 3.82. The van der Waals surface area contributed by atoms with Gasteiger partial charge in [0, 0.05) is 10.9 Å². The maximum Gasteiger partial charge on any atom is 0.291 e. The standard InChI is InChI=1S/C13H10BrClFNO2/c1-2-8-3-4-11(19-8)13(18)17-12-9(14)5-7(16)6-10(12)15/h3-6H,2H2,1H3,(H,17,18). The number of carbonyl (C=O) groups excluding carboxylic acids is 1. The molecule has 19 heavy (non-hydrogen) atoms. The molecule has 0 aliphatic rings. The fourth-order valence-corrected chi connectivity index (χ4v) is 2.43. The number of aryl methyl sites for hydroxylation is 1. The Morgan fingerprint density at radius 3 is 2.79 bits per heavy atom. The average molecular weight is 347 g/mol. The van der Waals surface area contributed by atoms with Gasteiger partial charge in [0.2, 0.25) is 0 Å². The number of halogens is 3. The molecule has 0 radical (unpaired) electrons. The number of rotatable bonds is 3. The Kier molecular flexibility index (Phi) is 4.27. The second-order valence-corrected chi connectivity index (χ2v) is 5.08. The molecule has 0 saturated carbocycles. The fraction of sp³-hybridized carbons (Fsp3) is 0.154. The van der Waals surface area contributed by atoms with Crippen LogP contribution >= 0.6 is 27.5 Å². The number of carbonyl (C=O) groups is 1. The van der Waals surface area contributed by atoms with Crippen molar-refractivity contribution < 1.29 is 13.6 Å². The molecular weight excluding hydrogens is 337 g/mol. The van der Waals surface area contributed by atoms with E-state index in [4.69, 9.17) is 16.0 Å². The molecule has 0 bridgehead atoms. The molecule has 2 aromatic rings. The summed E-state index contributed by atoms with van der Waals surface area (Å²) in [6.07, 6.45) is 0.703. The Morgan fingerprint density at radius 1 is 1.47 bits per heavy atom. The third-order valence-electron chi connectivity index (χ3n) is 2.48. The van der Waals surface area contributed by atoms with Gasteiger partial charge in [0.15, 0.2) is 5.76 Å². The van der Waals surface area contributed by atoms with Gasteiger partial charge in [-0.25, -0.2) is 4.39 Å². The zero-order valence-corrected chi connectivity index (χ0v) is 12.3. The van der Waals surface area contributed by atoms with Gasteiger partial charge in [-0.15, -0.1) is 0 Å². The third kappa shape index (κ3) is 3.16. The quantitative estimate of drug-likeness (QED) is 0.879. The zero-order valence-electron chi connectivity index (χ0n) is 9.97. The van der Waals surface area contributed by atoms with Crippen molar-refractivity contribution in [3.63, 3.8) is 0 Å². The van der Waals surface area contributed by atoms with E-state index in [1.54, 1.807) is 12.1 Å². The summed E-state index contributed by atoms with van der Waals surface area (Å²) >= 11 is 9.03. The molecule has 1 aromatic carbocycles. The van der Waals surface area contributed by atoms with Gasteiger partial charge in [0.05, 0.1) is 10.7 Å². The molecule has 0 atom stereocenters. The van der Waals surface area contributed by atoms with Crippen LogP contribution in [0.5, 0.6) is 0 Å². The van der Waals surface area contributed by atoms with E-state index in [-0.39, 0.29) is 10.8 Å². The van der Waals surface area contributed by atoms with Crippen LogP contribution in [0.15, 0.2) is 33.2 Å². The normalized spacial score (nSPS) is 10.5. The minimum atomic E-state index is -0.485. The maximum atomic E-state index is 13.1. The summed E-state index contributed by atoms with van der Waals surface area (Å²) in [6, 6.07) is 5.67. The summed E-state index contributed by atoms with van der Waals surface area (Å²) in [6.45, 7) is 1.92. The number of nitrogens with one attached hydrogen (secondary N) is 1. The highest BCUT2D eigenvalue weighted by molar-refractivity contribution is 9.10. The van der Waals surface area contributed by atoms with Gasteiger partial charge in [-0.3, -0.25) is 4.79 Å². The fourth-order valence-electron chi connectivity index (χ4n) is 1.53. The van der Waals surface area contributed by atoms with Crippen molar-refractivity contribution >= 4 is 39.1 Å².